The number of nitrogens with one attached hydrogen (secondary N) is 1. The van der Waals surface area contributed by atoms with Crippen molar-refractivity contribution in [2.75, 3.05) is 20.1 Å². The zero-order valence-electron chi connectivity index (χ0n) is 10.6. The molecule has 1 rings (SSSR count). The highest BCUT2D eigenvalue weighted by atomic mass is 16.4. The normalized spacial score (nSPS) is 22.9. The monoisotopic (exact) mass is 228 g/mol. The van der Waals surface area contributed by atoms with Crippen LogP contribution in [0.1, 0.15) is 39.5 Å². The summed E-state index contributed by atoms with van der Waals surface area (Å²) < 4.78 is 0. The van der Waals surface area contributed by atoms with E-state index in [0.29, 0.717) is 0 Å². The molecule has 0 saturated carbocycles. The zero-order chi connectivity index (χ0) is 12.2. The summed E-state index contributed by atoms with van der Waals surface area (Å²) in [4.78, 5) is 13.3. The Balaban J connectivity index is 2.53. The number of nitrogens with zero attached hydrogens (tertiary/aromatic N) is 1. The van der Waals surface area contributed by atoms with Gasteiger partial charge in [-0.25, -0.2) is 0 Å². The summed E-state index contributed by atoms with van der Waals surface area (Å²) in [5, 5.41) is 12.5. The van der Waals surface area contributed by atoms with Gasteiger partial charge in [0.1, 0.15) is 6.04 Å². The first-order chi connectivity index (χ1) is 7.52. The first-order valence-corrected chi connectivity index (χ1v) is 6.18. The molecule has 1 unspecified atom stereocenters. The lowest BCUT2D eigenvalue weighted by molar-refractivity contribution is -0.144. The van der Waals surface area contributed by atoms with Crippen molar-refractivity contribution in [1.29, 1.82) is 0 Å². The van der Waals surface area contributed by atoms with E-state index in [1.165, 1.54) is 0 Å². The van der Waals surface area contributed by atoms with E-state index in [0.717, 1.165) is 38.8 Å². The fourth-order valence-electron chi connectivity index (χ4n) is 2.31. The molecule has 0 aliphatic carbocycles. The Morgan fingerprint density at radius 3 is 2.44 bits per heavy atom. The summed E-state index contributed by atoms with van der Waals surface area (Å²) in [5.41, 5.74) is 0.186. The molecular formula is C12H24N2O2. The van der Waals surface area contributed by atoms with Crippen molar-refractivity contribution in [3.8, 4) is 0 Å². The lowest BCUT2D eigenvalue weighted by atomic mass is 9.89. The summed E-state index contributed by atoms with van der Waals surface area (Å²) >= 11 is 0. The van der Waals surface area contributed by atoms with Crippen LogP contribution in [0.2, 0.25) is 0 Å². The molecule has 0 aromatic heterocycles. The average Bonchev–Trinajstić information content (AvgIpc) is 2.27. The summed E-state index contributed by atoms with van der Waals surface area (Å²) in [6.45, 7) is 6.01. The van der Waals surface area contributed by atoms with Gasteiger partial charge in [-0.3, -0.25) is 9.69 Å². The van der Waals surface area contributed by atoms with Gasteiger partial charge in [-0.15, -0.1) is 0 Å². The molecule has 4 nitrogen and oxygen atoms in total. The molecule has 16 heavy (non-hydrogen) atoms. The van der Waals surface area contributed by atoms with Crippen LogP contribution in [0, 0.1) is 0 Å². The predicted octanol–water partition coefficient (Wildman–Crippen LogP) is 1.31. The van der Waals surface area contributed by atoms with Crippen LogP contribution in [0.15, 0.2) is 0 Å². The number of likely N-dealkylation sites (tertiary alicyclic amines) is 1. The van der Waals surface area contributed by atoms with Crippen LogP contribution in [0.4, 0.5) is 0 Å². The Labute approximate surface area is 98.0 Å². The maximum atomic E-state index is 11.2. The molecule has 1 aliphatic heterocycles. The van der Waals surface area contributed by atoms with Gasteiger partial charge in [0.05, 0.1) is 0 Å². The van der Waals surface area contributed by atoms with Gasteiger partial charge < -0.3 is 10.4 Å². The minimum absolute atomic E-state index is 0.186. The minimum atomic E-state index is -0.671. The van der Waals surface area contributed by atoms with E-state index < -0.39 is 5.97 Å². The summed E-state index contributed by atoms with van der Waals surface area (Å²) in [6, 6.07) is -0.286. The van der Waals surface area contributed by atoms with Crippen molar-refractivity contribution >= 4 is 5.97 Å². The topological polar surface area (TPSA) is 52.6 Å². The third kappa shape index (κ3) is 3.19. The van der Waals surface area contributed by atoms with Gasteiger partial charge in [0.15, 0.2) is 0 Å². The van der Waals surface area contributed by atoms with Crippen molar-refractivity contribution < 1.29 is 9.90 Å². The van der Waals surface area contributed by atoms with Crippen LogP contribution in [0.5, 0.6) is 0 Å². The number of rotatable bonds is 5. The van der Waals surface area contributed by atoms with Crippen molar-refractivity contribution in [1.82, 2.24) is 10.2 Å². The van der Waals surface area contributed by atoms with Crippen LogP contribution in [-0.4, -0.2) is 47.7 Å². The molecule has 0 radical (unpaired) electrons. The Morgan fingerprint density at radius 1 is 1.50 bits per heavy atom. The van der Waals surface area contributed by atoms with Gasteiger partial charge in [0.2, 0.25) is 0 Å². The van der Waals surface area contributed by atoms with Crippen LogP contribution in [0.3, 0.4) is 0 Å². The third-order valence-electron chi connectivity index (χ3n) is 3.79. The van der Waals surface area contributed by atoms with Gasteiger partial charge in [-0.2, -0.15) is 0 Å². The number of hydrogen-bond donors (Lipinski definition) is 2. The Hall–Kier alpha value is -0.610. The average molecular weight is 228 g/mol. The third-order valence-corrected chi connectivity index (χ3v) is 3.79. The maximum Gasteiger partial charge on any atom is 0.320 e. The summed E-state index contributed by atoms with van der Waals surface area (Å²) in [6.07, 6.45) is 3.73. The zero-order valence-corrected chi connectivity index (χ0v) is 10.6. The van der Waals surface area contributed by atoms with E-state index in [-0.39, 0.29) is 11.6 Å². The largest absolute Gasteiger partial charge is 0.480 e. The van der Waals surface area contributed by atoms with Crippen LogP contribution < -0.4 is 5.32 Å². The van der Waals surface area contributed by atoms with E-state index in [1.807, 2.05) is 14.0 Å². The number of piperidine rings is 1. The first-order valence-electron chi connectivity index (χ1n) is 6.18. The molecule has 94 valence electrons. The lowest BCUT2D eigenvalue weighted by Gasteiger charge is -2.41. The molecule has 0 aromatic rings. The predicted molar refractivity (Wildman–Crippen MR) is 64.6 cm³/mol. The Kier molecular flexibility index (Phi) is 4.74. The van der Waals surface area contributed by atoms with Crippen molar-refractivity contribution in [3.63, 3.8) is 0 Å². The molecule has 1 aliphatic rings. The molecular weight excluding hydrogens is 204 g/mol. The van der Waals surface area contributed by atoms with E-state index in [4.69, 9.17) is 0 Å². The second-order valence-electron chi connectivity index (χ2n) is 4.99. The van der Waals surface area contributed by atoms with E-state index in [1.54, 1.807) is 0 Å². The van der Waals surface area contributed by atoms with E-state index in [2.05, 4.69) is 17.1 Å². The molecule has 1 saturated heterocycles. The van der Waals surface area contributed by atoms with Gasteiger partial charge in [0, 0.05) is 18.6 Å². The maximum absolute atomic E-state index is 11.2. The van der Waals surface area contributed by atoms with Gasteiger partial charge in [-0.05, 0) is 33.2 Å². The van der Waals surface area contributed by atoms with Crippen molar-refractivity contribution in [2.45, 2.75) is 51.1 Å². The minimum Gasteiger partial charge on any atom is -0.480 e. The number of carboxylic acids is 1. The lowest BCUT2D eigenvalue weighted by Crippen LogP contribution is -2.54. The highest BCUT2D eigenvalue weighted by Gasteiger charge is 2.33. The molecule has 2 N–H and O–H groups in total. The SMILES string of the molecule is CCCC(C(=O)O)N1CCC(C)(NC)CC1. The molecule has 1 heterocycles. The fraction of sp³-hybridized carbons (Fsp3) is 0.917. The highest BCUT2D eigenvalue weighted by Crippen LogP contribution is 2.23. The summed E-state index contributed by atoms with van der Waals surface area (Å²) in [5.74, 6) is -0.671. The highest BCUT2D eigenvalue weighted by molar-refractivity contribution is 5.73. The first kappa shape index (κ1) is 13.5. The van der Waals surface area contributed by atoms with Gasteiger partial charge >= 0.3 is 5.97 Å². The molecule has 4 heteroatoms. The van der Waals surface area contributed by atoms with E-state index in [9.17, 15) is 9.90 Å². The number of aliphatic carboxylic acids is 1. The van der Waals surface area contributed by atoms with E-state index >= 15 is 0 Å². The van der Waals surface area contributed by atoms with Crippen molar-refractivity contribution in [2.24, 2.45) is 0 Å². The smallest absolute Gasteiger partial charge is 0.320 e. The standard InChI is InChI=1S/C12H24N2O2/c1-4-5-10(11(15)16)14-8-6-12(2,13-3)7-9-14/h10,13H,4-9H2,1-3H3,(H,15,16). The molecule has 0 amide bonds. The molecule has 1 atom stereocenters. The Bertz CT molecular complexity index is 235. The number of carboxylic acid groups (broad SMARTS) is 1. The number of hydrogen-bond acceptors (Lipinski definition) is 3. The number of carbonyl (C=O) groups is 1. The molecule has 0 bridgehead atoms. The van der Waals surface area contributed by atoms with Gasteiger partial charge in [-0.1, -0.05) is 13.3 Å². The van der Waals surface area contributed by atoms with Crippen LogP contribution >= 0.6 is 0 Å². The second-order valence-corrected chi connectivity index (χ2v) is 4.99. The second kappa shape index (κ2) is 5.64. The molecule has 0 aromatic carbocycles. The Morgan fingerprint density at radius 2 is 2.06 bits per heavy atom. The summed E-state index contributed by atoms with van der Waals surface area (Å²) in [7, 11) is 1.98. The van der Waals surface area contributed by atoms with Crippen molar-refractivity contribution in [3.05, 3.63) is 0 Å². The quantitative estimate of drug-likeness (QED) is 0.745. The van der Waals surface area contributed by atoms with Crippen LogP contribution in [0.25, 0.3) is 0 Å². The van der Waals surface area contributed by atoms with Crippen LogP contribution in [-0.2, 0) is 4.79 Å². The fourth-order valence-corrected chi connectivity index (χ4v) is 2.31. The van der Waals surface area contributed by atoms with Gasteiger partial charge in [0.25, 0.3) is 0 Å². The molecule has 1 fully saturated rings. The molecule has 0 spiro atoms.